The van der Waals surface area contributed by atoms with E-state index < -0.39 is 0 Å². The number of nitriles is 1. The van der Waals surface area contributed by atoms with Gasteiger partial charge in [-0.05, 0) is 19.1 Å². The Morgan fingerprint density at radius 3 is 3.00 bits per heavy atom. The van der Waals surface area contributed by atoms with Gasteiger partial charge in [0.05, 0.1) is 5.01 Å². The first kappa shape index (κ1) is 8.85. The summed E-state index contributed by atoms with van der Waals surface area (Å²) in [5, 5.41) is 9.80. The average molecular weight is 201 g/mol. The maximum Gasteiger partial charge on any atom is 0.132 e. The Bertz CT molecular complexity index is 482. The molecule has 0 unspecified atom stereocenters. The Kier molecular flexibility index (Phi) is 2.25. The number of thiazole rings is 1. The molecule has 2 aromatic heterocycles. The number of hydrogen-bond donors (Lipinski definition) is 0. The number of aromatic nitrogens is 2. The first-order valence-corrected chi connectivity index (χ1v) is 4.91. The number of aryl methyl sites for hydroxylation is 1. The molecule has 0 atom stereocenters. The maximum atomic E-state index is 8.89. The first-order valence-electron chi connectivity index (χ1n) is 4.09. The van der Waals surface area contributed by atoms with Crippen molar-refractivity contribution >= 4 is 11.3 Å². The summed E-state index contributed by atoms with van der Waals surface area (Å²) in [4.78, 5) is 8.96. The van der Waals surface area contributed by atoms with Gasteiger partial charge >= 0.3 is 0 Å². The van der Waals surface area contributed by atoms with Gasteiger partial charge in [-0.3, -0.25) is 4.98 Å². The van der Waals surface area contributed by atoms with Gasteiger partial charge in [-0.15, -0.1) is 11.3 Å². The second kappa shape index (κ2) is 3.56. The standard InChI is InChI=1S/C10H7N3S/c1-7-13-10(9(5-11)14-7)8-3-2-4-12-6-8/h2-4,6H,1H3. The van der Waals surface area contributed by atoms with E-state index in [2.05, 4.69) is 16.0 Å². The van der Waals surface area contributed by atoms with Gasteiger partial charge < -0.3 is 0 Å². The van der Waals surface area contributed by atoms with Crippen molar-refractivity contribution in [2.24, 2.45) is 0 Å². The fraction of sp³-hybridized carbons (Fsp3) is 0.100. The van der Waals surface area contributed by atoms with Gasteiger partial charge in [-0.1, -0.05) is 0 Å². The molecule has 14 heavy (non-hydrogen) atoms. The van der Waals surface area contributed by atoms with E-state index in [1.54, 1.807) is 12.4 Å². The van der Waals surface area contributed by atoms with Gasteiger partial charge in [0.25, 0.3) is 0 Å². The Balaban J connectivity index is 2.58. The topological polar surface area (TPSA) is 49.6 Å². The fourth-order valence-electron chi connectivity index (χ4n) is 1.20. The molecule has 0 aliphatic heterocycles. The van der Waals surface area contributed by atoms with Gasteiger partial charge in [0, 0.05) is 18.0 Å². The molecule has 0 spiro atoms. The second-order valence-electron chi connectivity index (χ2n) is 2.76. The molecule has 0 aromatic carbocycles. The molecular weight excluding hydrogens is 194 g/mol. The molecule has 0 radical (unpaired) electrons. The molecule has 0 saturated heterocycles. The third-order valence-corrected chi connectivity index (χ3v) is 2.65. The summed E-state index contributed by atoms with van der Waals surface area (Å²) in [7, 11) is 0. The van der Waals surface area contributed by atoms with E-state index in [9.17, 15) is 0 Å². The number of hydrogen-bond acceptors (Lipinski definition) is 4. The van der Waals surface area contributed by atoms with E-state index in [1.807, 2.05) is 19.1 Å². The van der Waals surface area contributed by atoms with Gasteiger partial charge in [-0.2, -0.15) is 5.26 Å². The van der Waals surface area contributed by atoms with Crippen molar-refractivity contribution in [3.63, 3.8) is 0 Å². The molecule has 0 saturated carbocycles. The molecule has 68 valence electrons. The van der Waals surface area contributed by atoms with E-state index in [0.29, 0.717) is 4.88 Å². The average Bonchev–Trinajstić information content (AvgIpc) is 2.61. The van der Waals surface area contributed by atoms with Crippen LogP contribution in [0.4, 0.5) is 0 Å². The summed E-state index contributed by atoms with van der Waals surface area (Å²) in [6, 6.07) is 5.89. The van der Waals surface area contributed by atoms with Crippen molar-refractivity contribution in [3.8, 4) is 17.3 Å². The predicted molar refractivity (Wildman–Crippen MR) is 54.8 cm³/mol. The van der Waals surface area contributed by atoms with Crippen molar-refractivity contribution in [2.75, 3.05) is 0 Å². The zero-order valence-electron chi connectivity index (χ0n) is 7.56. The highest BCUT2D eigenvalue weighted by Gasteiger charge is 2.09. The highest BCUT2D eigenvalue weighted by molar-refractivity contribution is 7.12. The summed E-state index contributed by atoms with van der Waals surface area (Å²) < 4.78 is 0. The van der Waals surface area contributed by atoms with Crippen LogP contribution < -0.4 is 0 Å². The summed E-state index contributed by atoms with van der Waals surface area (Å²) >= 11 is 1.41. The molecule has 2 heterocycles. The monoisotopic (exact) mass is 201 g/mol. The summed E-state index contributed by atoms with van der Waals surface area (Å²) in [5.41, 5.74) is 1.64. The third kappa shape index (κ3) is 1.50. The lowest BCUT2D eigenvalue weighted by Crippen LogP contribution is -1.82. The normalized spacial score (nSPS) is 9.71. The summed E-state index contributed by atoms with van der Waals surface area (Å²) in [5.74, 6) is 0. The molecule has 4 heteroatoms. The zero-order chi connectivity index (χ0) is 9.97. The fourth-order valence-corrected chi connectivity index (χ4v) is 1.94. The van der Waals surface area contributed by atoms with Crippen LogP contribution in [-0.2, 0) is 0 Å². The Hall–Kier alpha value is -1.73. The molecule has 0 aliphatic carbocycles. The quantitative estimate of drug-likeness (QED) is 0.711. The maximum absolute atomic E-state index is 8.89. The van der Waals surface area contributed by atoms with Crippen LogP contribution in [-0.4, -0.2) is 9.97 Å². The minimum atomic E-state index is 0.649. The van der Waals surface area contributed by atoms with Crippen LogP contribution in [0.1, 0.15) is 9.88 Å². The van der Waals surface area contributed by atoms with Crippen LogP contribution in [0.15, 0.2) is 24.5 Å². The van der Waals surface area contributed by atoms with Crippen molar-refractivity contribution in [1.82, 2.24) is 9.97 Å². The second-order valence-corrected chi connectivity index (χ2v) is 3.97. The van der Waals surface area contributed by atoms with Crippen LogP contribution in [0.2, 0.25) is 0 Å². The van der Waals surface area contributed by atoms with E-state index in [0.717, 1.165) is 16.3 Å². The largest absolute Gasteiger partial charge is 0.264 e. The lowest BCUT2D eigenvalue weighted by molar-refractivity contribution is 1.26. The van der Waals surface area contributed by atoms with Crippen molar-refractivity contribution < 1.29 is 0 Å². The van der Waals surface area contributed by atoms with E-state index in [-0.39, 0.29) is 0 Å². The third-order valence-electron chi connectivity index (χ3n) is 1.77. The van der Waals surface area contributed by atoms with Gasteiger partial charge in [0.1, 0.15) is 16.6 Å². The van der Waals surface area contributed by atoms with Crippen molar-refractivity contribution in [2.45, 2.75) is 6.92 Å². The van der Waals surface area contributed by atoms with Crippen LogP contribution in [0.5, 0.6) is 0 Å². The highest BCUT2D eigenvalue weighted by Crippen LogP contribution is 2.26. The smallest absolute Gasteiger partial charge is 0.132 e. The molecule has 0 N–H and O–H groups in total. The molecule has 0 aliphatic rings. The van der Waals surface area contributed by atoms with E-state index >= 15 is 0 Å². The summed E-state index contributed by atoms with van der Waals surface area (Å²) in [6.07, 6.45) is 3.42. The van der Waals surface area contributed by atoms with Gasteiger partial charge in [-0.25, -0.2) is 4.98 Å². The Morgan fingerprint density at radius 1 is 1.50 bits per heavy atom. The molecule has 0 fully saturated rings. The molecule has 0 amide bonds. The molecule has 2 rings (SSSR count). The predicted octanol–water partition coefficient (Wildman–Crippen LogP) is 2.39. The highest BCUT2D eigenvalue weighted by atomic mass is 32.1. The SMILES string of the molecule is Cc1nc(-c2cccnc2)c(C#N)s1. The Morgan fingerprint density at radius 2 is 2.36 bits per heavy atom. The Labute approximate surface area is 85.7 Å². The lowest BCUT2D eigenvalue weighted by Gasteiger charge is -1.94. The number of nitrogens with zero attached hydrogens (tertiary/aromatic N) is 3. The van der Waals surface area contributed by atoms with Crippen LogP contribution in [0, 0.1) is 18.3 Å². The number of pyridine rings is 1. The zero-order valence-corrected chi connectivity index (χ0v) is 8.38. The van der Waals surface area contributed by atoms with Gasteiger partial charge in [0.2, 0.25) is 0 Å². The van der Waals surface area contributed by atoms with Crippen molar-refractivity contribution in [1.29, 1.82) is 5.26 Å². The molecular formula is C10H7N3S. The lowest BCUT2D eigenvalue weighted by atomic mass is 10.2. The minimum Gasteiger partial charge on any atom is -0.264 e. The molecule has 0 bridgehead atoms. The first-order chi connectivity index (χ1) is 6.81. The minimum absolute atomic E-state index is 0.649. The van der Waals surface area contributed by atoms with E-state index in [4.69, 9.17) is 5.26 Å². The van der Waals surface area contributed by atoms with Crippen LogP contribution in [0.25, 0.3) is 11.3 Å². The van der Waals surface area contributed by atoms with Gasteiger partial charge in [0.15, 0.2) is 0 Å². The van der Waals surface area contributed by atoms with E-state index in [1.165, 1.54) is 11.3 Å². The molecule has 3 nitrogen and oxygen atoms in total. The van der Waals surface area contributed by atoms with Crippen LogP contribution >= 0.6 is 11.3 Å². The molecule has 2 aromatic rings. The summed E-state index contributed by atoms with van der Waals surface area (Å²) in [6.45, 7) is 1.89. The number of rotatable bonds is 1. The van der Waals surface area contributed by atoms with Crippen molar-refractivity contribution in [3.05, 3.63) is 34.4 Å². The van der Waals surface area contributed by atoms with Crippen LogP contribution in [0.3, 0.4) is 0 Å².